The highest BCUT2D eigenvalue weighted by atomic mass is 32.1. The molecule has 1 aromatic rings. The number of rotatable bonds is 7. The highest BCUT2D eigenvalue weighted by molar-refractivity contribution is 7.09. The van der Waals surface area contributed by atoms with Crippen molar-refractivity contribution in [3.8, 4) is 0 Å². The van der Waals surface area contributed by atoms with E-state index >= 15 is 0 Å². The van der Waals surface area contributed by atoms with Gasteiger partial charge in [-0.1, -0.05) is 6.92 Å². The number of likely N-dealkylation sites (tertiary alicyclic amines) is 1. The van der Waals surface area contributed by atoms with Crippen LogP contribution >= 0.6 is 11.5 Å². The summed E-state index contributed by atoms with van der Waals surface area (Å²) in [6.45, 7) is 7.56. The Balaban J connectivity index is 1.73. The van der Waals surface area contributed by atoms with Gasteiger partial charge in [0.2, 0.25) is 5.13 Å². The largest absolute Gasteiger partial charge is 0.384 e. The van der Waals surface area contributed by atoms with Gasteiger partial charge in [0.1, 0.15) is 5.82 Å². The third-order valence-electron chi connectivity index (χ3n) is 3.59. The van der Waals surface area contributed by atoms with Gasteiger partial charge in [-0.05, 0) is 31.8 Å². The van der Waals surface area contributed by atoms with Crippen molar-refractivity contribution in [3.05, 3.63) is 5.82 Å². The highest BCUT2D eigenvalue weighted by Crippen LogP contribution is 2.18. The average Bonchev–Trinajstić information content (AvgIpc) is 2.91. The minimum atomic E-state index is 0.685. The summed E-state index contributed by atoms with van der Waals surface area (Å²) in [6, 6.07) is 0. The van der Waals surface area contributed by atoms with Crippen LogP contribution in [0.2, 0.25) is 0 Å². The zero-order chi connectivity index (χ0) is 13.5. The molecule has 0 amide bonds. The predicted octanol–water partition coefficient (Wildman–Crippen LogP) is 1.87. The molecule has 2 heterocycles. The molecular formula is C13H24N4OS. The lowest BCUT2D eigenvalue weighted by Crippen LogP contribution is -2.37. The van der Waals surface area contributed by atoms with E-state index in [1.165, 1.54) is 37.5 Å². The molecular weight excluding hydrogens is 260 g/mol. The first kappa shape index (κ1) is 14.7. The molecule has 1 N–H and O–H groups in total. The van der Waals surface area contributed by atoms with Crippen LogP contribution in [-0.4, -0.2) is 54.2 Å². The fourth-order valence-corrected chi connectivity index (χ4v) is 3.08. The Morgan fingerprint density at radius 1 is 1.53 bits per heavy atom. The number of nitrogens with one attached hydrogen (secondary N) is 1. The molecule has 1 aliphatic heterocycles. The van der Waals surface area contributed by atoms with Crippen molar-refractivity contribution in [1.29, 1.82) is 0 Å². The topological polar surface area (TPSA) is 50.3 Å². The van der Waals surface area contributed by atoms with E-state index < -0.39 is 0 Å². The van der Waals surface area contributed by atoms with Crippen LogP contribution in [0.3, 0.4) is 0 Å². The standard InChI is InChI=1S/C13H24N4OS/c1-3-17-7-4-5-11(10-17)9-14-13-15-12(16-19-13)6-8-18-2/h11H,3-10H2,1-2H3,(H,14,15,16). The molecule has 0 radical (unpaired) electrons. The van der Waals surface area contributed by atoms with Gasteiger partial charge in [0.25, 0.3) is 0 Å². The number of nitrogens with zero attached hydrogens (tertiary/aromatic N) is 3. The second-order valence-electron chi connectivity index (χ2n) is 5.04. The molecule has 1 unspecified atom stereocenters. The molecule has 0 aliphatic carbocycles. The molecule has 0 bridgehead atoms. The van der Waals surface area contributed by atoms with Crippen LogP contribution in [0, 0.1) is 5.92 Å². The van der Waals surface area contributed by atoms with E-state index in [2.05, 4.69) is 26.5 Å². The van der Waals surface area contributed by atoms with E-state index in [9.17, 15) is 0 Å². The summed E-state index contributed by atoms with van der Waals surface area (Å²) in [4.78, 5) is 7.00. The number of hydrogen-bond acceptors (Lipinski definition) is 6. The van der Waals surface area contributed by atoms with Gasteiger partial charge >= 0.3 is 0 Å². The zero-order valence-corrected chi connectivity index (χ0v) is 12.7. The van der Waals surface area contributed by atoms with E-state index in [0.29, 0.717) is 6.61 Å². The maximum atomic E-state index is 5.03. The van der Waals surface area contributed by atoms with Crippen molar-refractivity contribution >= 4 is 16.7 Å². The average molecular weight is 284 g/mol. The minimum Gasteiger partial charge on any atom is -0.384 e. The predicted molar refractivity (Wildman–Crippen MR) is 78.8 cm³/mol. The van der Waals surface area contributed by atoms with Gasteiger partial charge in [-0.25, -0.2) is 4.98 Å². The monoisotopic (exact) mass is 284 g/mol. The lowest BCUT2D eigenvalue weighted by atomic mass is 9.98. The van der Waals surface area contributed by atoms with Crippen LogP contribution in [0.5, 0.6) is 0 Å². The summed E-state index contributed by atoms with van der Waals surface area (Å²) in [5.41, 5.74) is 0. The molecule has 0 aromatic carbocycles. The Labute approximate surface area is 119 Å². The maximum absolute atomic E-state index is 5.03. The molecule has 5 nitrogen and oxygen atoms in total. The summed E-state index contributed by atoms with van der Waals surface area (Å²) in [6.07, 6.45) is 3.43. The molecule has 1 fully saturated rings. The fraction of sp³-hybridized carbons (Fsp3) is 0.846. The molecule has 6 heteroatoms. The van der Waals surface area contributed by atoms with E-state index in [-0.39, 0.29) is 0 Å². The first-order valence-electron chi connectivity index (χ1n) is 7.09. The summed E-state index contributed by atoms with van der Waals surface area (Å²) in [5, 5.41) is 4.38. The van der Waals surface area contributed by atoms with Crippen LogP contribution in [0.1, 0.15) is 25.6 Å². The van der Waals surface area contributed by atoms with Gasteiger partial charge in [0.15, 0.2) is 0 Å². The van der Waals surface area contributed by atoms with Crippen LogP contribution < -0.4 is 5.32 Å². The van der Waals surface area contributed by atoms with Crippen molar-refractivity contribution in [1.82, 2.24) is 14.3 Å². The minimum absolute atomic E-state index is 0.685. The van der Waals surface area contributed by atoms with Crippen LogP contribution in [0.15, 0.2) is 0 Å². The normalized spacial score (nSPS) is 20.6. The number of ether oxygens (including phenoxy) is 1. The SMILES string of the molecule is CCN1CCCC(CNc2nc(CCOC)ns2)C1. The third-order valence-corrected chi connectivity index (χ3v) is 4.30. The van der Waals surface area contributed by atoms with E-state index in [0.717, 1.165) is 36.4 Å². The zero-order valence-electron chi connectivity index (χ0n) is 11.9. The Hall–Kier alpha value is -0.720. The molecule has 0 spiro atoms. The first-order chi connectivity index (χ1) is 9.31. The third kappa shape index (κ3) is 4.71. The molecule has 108 valence electrons. The number of aromatic nitrogens is 2. The van der Waals surface area contributed by atoms with E-state index in [1.807, 2.05) is 0 Å². The van der Waals surface area contributed by atoms with Gasteiger partial charge in [-0.3, -0.25) is 0 Å². The molecule has 0 saturated carbocycles. The van der Waals surface area contributed by atoms with Gasteiger partial charge < -0.3 is 15.0 Å². The number of piperidine rings is 1. The van der Waals surface area contributed by atoms with E-state index in [4.69, 9.17) is 4.74 Å². The summed E-state index contributed by atoms with van der Waals surface area (Å²) in [7, 11) is 1.70. The fourth-order valence-electron chi connectivity index (χ4n) is 2.46. The molecule has 1 atom stereocenters. The molecule has 19 heavy (non-hydrogen) atoms. The second kappa shape index (κ2) is 7.77. The number of anilines is 1. The number of hydrogen-bond donors (Lipinski definition) is 1. The highest BCUT2D eigenvalue weighted by Gasteiger charge is 2.18. The van der Waals surface area contributed by atoms with Gasteiger partial charge in [0.05, 0.1) is 6.61 Å². The van der Waals surface area contributed by atoms with Crippen molar-refractivity contribution in [2.24, 2.45) is 5.92 Å². The van der Waals surface area contributed by atoms with E-state index in [1.54, 1.807) is 7.11 Å². The van der Waals surface area contributed by atoms with Crippen molar-refractivity contribution in [2.75, 3.05) is 45.2 Å². The van der Waals surface area contributed by atoms with Crippen LogP contribution in [0.25, 0.3) is 0 Å². The molecule has 1 saturated heterocycles. The summed E-state index contributed by atoms with van der Waals surface area (Å²) in [5.74, 6) is 1.62. The van der Waals surface area contributed by atoms with Gasteiger partial charge in [0, 0.05) is 38.2 Å². The second-order valence-corrected chi connectivity index (χ2v) is 5.79. The van der Waals surface area contributed by atoms with Crippen molar-refractivity contribution in [2.45, 2.75) is 26.2 Å². The first-order valence-corrected chi connectivity index (χ1v) is 7.87. The van der Waals surface area contributed by atoms with Crippen molar-refractivity contribution in [3.63, 3.8) is 0 Å². The lowest BCUT2D eigenvalue weighted by molar-refractivity contribution is 0.189. The van der Waals surface area contributed by atoms with Crippen molar-refractivity contribution < 1.29 is 4.74 Å². The Bertz CT molecular complexity index is 371. The Morgan fingerprint density at radius 3 is 3.21 bits per heavy atom. The Kier molecular flexibility index (Phi) is 6.00. The molecule has 1 aromatic heterocycles. The molecule has 2 rings (SSSR count). The number of methoxy groups -OCH3 is 1. The van der Waals surface area contributed by atoms with Gasteiger partial charge in [-0.2, -0.15) is 4.37 Å². The summed E-state index contributed by atoms with van der Waals surface area (Å²) < 4.78 is 9.36. The van der Waals surface area contributed by atoms with Crippen LogP contribution in [-0.2, 0) is 11.2 Å². The smallest absolute Gasteiger partial charge is 0.202 e. The lowest BCUT2D eigenvalue weighted by Gasteiger charge is -2.31. The molecule has 1 aliphatic rings. The summed E-state index contributed by atoms with van der Waals surface area (Å²) >= 11 is 1.45. The maximum Gasteiger partial charge on any atom is 0.202 e. The Morgan fingerprint density at radius 2 is 2.42 bits per heavy atom. The van der Waals surface area contributed by atoms with Crippen LogP contribution in [0.4, 0.5) is 5.13 Å². The van der Waals surface area contributed by atoms with Gasteiger partial charge in [-0.15, -0.1) is 0 Å². The quantitative estimate of drug-likeness (QED) is 0.828.